The van der Waals surface area contributed by atoms with Crippen LogP contribution in [-0.4, -0.2) is 28.5 Å². The number of phenols is 1. The van der Waals surface area contributed by atoms with E-state index in [0.29, 0.717) is 6.42 Å². The van der Waals surface area contributed by atoms with Gasteiger partial charge in [-0.15, -0.1) is 0 Å². The zero-order valence-electron chi connectivity index (χ0n) is 9.85. The fourth-order valence-electron chi connectivity index (χ4n) is 1.75. The van der Waals surface area contributed by atoms with Crippen molar-refractivity contribution in [1.82, 2.24) is 0 Å². The molecule has 0 saturated carbocycles. The van der Waals surface area contributed by atoms with Crippen molar-refractivity contribution in [2.24, 2.45) is 11.3 Å². The lowest BCUT2D eigenvalue weighted by atomic mass is 9.74. The Morgan fingerprint density at radius 1 is 1.06 bits per heavy atom. The second-order valence-corrected chi connectivity index (χ2v) is 4.68. The lowest BCUT2D eigenvalue weighted by molar-refractivity contribution is 0.0163. The lowest BCUT2D eigenvalue weighted by Gasteiger charge is -2.34. The Morgan fingerprint density at radius 2 is 1.56 bits per heavy atom. The van der Waals surface area contributed by atoms with E-state index in [1.165, 1.54) is 0 Å². The van der Waals surface area contributed by atoms with Crippen molar-refractivity contribution in [2.45, 2.75) is 20.3 Å². The predicted molar refractivity (Wildman–Crippen MR) is 63.3 cm³/mol. The maximum atomic E-state index is 9.45. The van der Waals surface area contributed by atoms with Crippen LogP contribution in [0.2, 0.25) is 0 Å². The Bertz CT molecular complexity index is 312. The molecule has 0 saturated heterocycles. The quantitative estimate of drug-likeness (QED) is 0.711. The fourth-order valence-corrected chi connectivity index (χ4v) is 1.75. The first-order valence-corrected chi connectivity index (χ1v) is 5.54. The van der Waals surface area contributed by atoms with Crippen LogP contribution in [0.15, 0.2) is 24.3 Å². The van der Waals surface area contributed by atoms with Gasteiger partial charge < -0.3 is 15.3 Å². The highest BCUT2D eigenvalue weighted by Gasteiger charge is 2.32. The smallest absolute Gasteiger partial charge is 0.115 e. The van der Waals surface area contributed by atoms with E-state index in [1.807, 2.05) is 26.0 Å². The van der Waals surface area contributed by atoms with E-state index in [9.17, 15) is 15.3 Å². The molecule has 3 N–H and O–H groups in total. The second kappa shape index (κ2) is 5.32. The SMILES string of the molecule is CC(C)C(CO)(CO)Cc1ccc(O)cc1. The van der Waals surface area contributed by atoms with Gasteiger partial charge in [0.2, 0.25) is 0 Å². The van der Waals surface area contributed by atoms with Gasteiger partial charge in [0.15, 0.2) is 0 Å². The van der Waals surface area contributed by atoms with Crippen LogP contribution in [0.1, 0.15) is 19.4 Å². The van der Waals surface area contributed by atoms with Gasteiger partial charge >= 0.3 is 0 Å². The summed E-state index contributed by atoms with van der Waals surface area (Å²) in [6.07, 6.45) is 0.609. The zero-order valence-corrected chi connectivity index (χ0v) is 9.85. The highest BCUT2D eigenvalue weighted by molar-refractivity contribution is 5.26. The molecule has 1 rings (SSSR count). The third kappa shape index (κ3) is 2.74. The molecule has 0 atom stereocenters. The van der Waals surface area contributed by atoms with Gasteiger partial charge in [-0.2, -0.15) is 0 Å². The molecule has 0 aliphatic carbocycles. The van der Waals surface area contributed by atoms with Crippen molar-refractivity contribution in [3.05, 3.63) is 29.8 Å². The van der Waals surface area contributed by atoms with E-state index in [2.05, 4.69) is 0 Å². The molecule has 0 aliphatic rings. The minimum absolute atomic E-state index is 0.0396. The molecule has 0 fully saturated rings. The molecule has 0 aromatic heterocycles. The van der Waals surface area contributed by atoms with Crippen LogP contribution < -0.4 is 0 Å². The van der Waals surface area contributed by atoms with Gasteiger partial charge in [-0.3, -0.25) is 0 Å². The van der Waals surface area contributed by atoms with Crippen molar-refractivity contribution in [1.29, 1.82) is 0 Å². The normalized spacial score (nSPS) is 12.1. The van der Waals surface area contributed by atoms with Gasteiger partial charge in [0.1, 0.15) is 5.75 Å². The van der Waals surface area contributed by atoms with Gasteiger partial charge in [-0.05, 0) is 30.0 Å². The molecule has 90 valence electrons. The number of hydrogen-bond donors (Lipinski definition) is 3. The first-order valence-electron chi connectivity index (χ1n) is 5.54. The van der Waals surface area contributed by atoms with Gasteiger partial charge in [-0.25, -0.2) is 0 Å². The fraction of sp³-hybridized carbons (Fsp3) is 0.538. The number of hydrogen-bond acceptors (Lipinski definition) is 3. The molecule has 1 aromatic carbocycles. The topological polar surface area (TPSA) is 60.7 Å². The summed E-state index contributed by atoms with van der Waals surface area (Å²) in [6.45, 7) is 3.91. The molecule has 0 aliphatic heterocycles. The third-order valence-corrected chi connectivity index (χ3v) is 3.35. The van der Waals surface area contributed by atoms with E-state index in [-0.39, 0.29) is 24.9 Å². The largest absolute Gasteiger partial charge is 0.508 e. The number of aromatic hydroxyl groups is 1. The summed E-state index contributed by atoms with van der Waals surface area (Å²) in [5, 5.41) is 28.1. The van der Waals surface area contributed by atoms with Crippen LogP contribution in [0, 0.1) is 11.3 Å². The summed E-state index contributed by atoms with van der Waals surface area (Å²) >= 11 is 0. The predicted octanol–water partition coefficient (Wildman–Crippen LogP) is 1.56. The minimum Gasteiger partial charge on any atom is -0.508 e. The summed E-state index contributed by atoms with van der Waals surface area (Å²) in [7, 11) is 0. The zero-order chi connectivity index (χ0) is 12.2. The lowest BCUT2D eigenvalue weighted by Crippen LogP contribution is -2.37. The van der Waals surface area contributed by atoms with Gasteiger partial charge in [0, 0.05) is 5.41 Å². The maximum absolute atomic E-state index is 9.45. The van der Waals surface area contributed by atoms with Crippen molar-refractivity contribution >= 4 is 0 Å². The summed E-state index contributed by atoms with van der Waals surface area (Å²) < 4.78 is 0. The Balaban J connectivity index is 2.87. The Hall–Kier alpha value is -1.06. The number of aliphatic hydroxyl groups excluding tert-OH is 2. The molecule has 0 spiro atoms. The molecule has 0 bridgehead atoms. The Labute approximate surface area is 96.4 Å². The monoisotopic (exact) mass is 224 g/mol. The standard InChI is InChI=1S/C13H20O3/c1-10(2)13(8-14,9-15)7-11-3-5-12(16)6-4-11/h3-6,10,14-16H,7-9H2,1-2H3. The molecule has 1 aromatic rings. The highest BCUT2D eigenvalue weighted by atomic mass is 16.3. The summed E-state index contributed by atoms with van der Waals surface area (Å²) in [5.74, 6) is 0.420. The summed E-state index contributed by atoms with van der Waals surface area (Å²) in [5.41, 5.74) is 0.520. The van der Waals surface area contributed by atoms with Gasteiger partial charge in [-0.1, -0.05) is 26.0 Å². The molecule has 3 heteroatoms. The van der Waals surface area contributed by atoms with E-state index in [0.717, 1.165) is 5.56 Å². The molecule has 0 amide bonds. The van der Waals surface area contributed by atoms with Crippen LogP contribution in [0.3, 0.4) is 0 Å². The highest BCUT2D eigenvalue weighted by Crippen LogP contribution is 2.31. The summed E-state index contributed by atoms with van der Waals surface area (Å²) in [4.78, 5) is 0. The first kappa shape index (κ1) is 13.0. The molecule has 0 unspecified atom stereocenters. The third-order valence-electron chi connectivity index (χ3n) is 3.35. The average molecular weight is 224 g/mol. The van der Waals surface area contributed by atoms with E-state index >= 15 is 0 Å². The van der Waals surface area contributed by atoms with Crippen molar-refractivity contribution < 1.29 is 15.3 Å². The van der Waals surface area contributed by atoms with E-state index in [4.69, 9.17) is 0 Å². The molecule has 3 nitrogen and oxygen atoms in total. The molecule has 16 heavy (non-hydrogen) atoms. The van der Waals surface area contributed by atoms with Crippen LogP contribution in [0.25, 0.3) is 0 Å². The van der Waals surface area contributed by atoms with Crippen LogP contribution in [0.4, 0.5) is 0 Å². The van der Waals surface area contributed by atoms with Gasteiger partial charge in [0.25, 0.3) is 0 Å². The van der Waals surface area contributed by atoms with E-state index < -0.39 is 5.41 Å². The van der Waals surface area contributed by atoms with Crippen LogP contribution >= 0.6 is 0 Å². The average Bonchev–Trinajstić information content (AvgIpc) is 2.28. The number of aliphatic hydroxyl groups is 2. The first-order chi connectivity index (χ1) is 7.54. The Morgan fingerprint density at radius 3 is 1.94 bits per heavy atom. The molecular weight excluding hydrogens is 204 g/mol. The second-order valence-electron chi connectivity index (χ2n) is 4.68. The van der Waals surface area contributed by atoms with E-state index in [1.54, 1.807) is 12.1 Å². The number of benzene rings is 1. The van der Waals surface area contributed by atoms with Crippen molar-refractivity contribution in [3.8, 4) is 5.75 Å². The molecular formula is C13H20O3. The van der Waals surface area contributed by atoms with Crippen LogP contribution in [-0.2, 0) is 6.42 Å². The molecule has 0 radical (unpaired) electrons. The number of rotatable bonds is 5. The Kier molecular flexibility index (Phi) is 4.33. The van der Waals surface area contributed by atoms with Gasteiger partial charge in [0.05, 0.1) is 13.2 Å². The van der Waals surface area contributed by atoms with Crippen molar-refractivity contribution in [2.75, 3.05) is 13.2 Å². The number of phenolic OH excluding ortho intramolecular Hbond substituents is 1. The van der Waals surface area contributed by atoms with Crippen LogP contribution in [0.5, 0.6) is 5.75 Å². The minimum atomic E-state index is -0.489. The maximum Gasteiger partial charge on any atom is 0.115 e. The summed E-state index contributed by atoms with van der Waals surface area (Å²) in [6, 6.07) is 6.87. The molecule has 0 heterocycles. The van der Waals surface area contributed by atoms with Crippen molar-refractivity contribution in [3.63, 3.8) is 0 Å².